The molecule has 0 amide bonds. The number of nitrogens with zero attached hydrogens (tertiary/aromatic N) is 2. The van der Waals surface area contributed by atoms with Crippen LogP contribution in [0.4, 0.5) is 13.2 Å². The number of rotatable bonds is 7. The zero-order valence-corrected chi connectivity index (χ0v) is 11.0. The van der Waals surface area contributed by atoms with E-state index in [0.717, 1.165) is 5.69 Å². The molecule has 1 rings (SSSR count). The number of alkyl halides is 3. The van der Waals surface area contributed by atoms with Gasteiger partial charge in [-0.3, -0.25) is 0 Å². The van der Waals surface area contributed by atoms with Gasteiger partial charge >= 0.3 is 6.18 Å². The molecule has 108 valence electrons. The van der Waals surface area contributed by atoms with Gasteiger partial charge in [-0.2, -0.15) is 18.3 Å². The topological polar surface area (TPSA) is 47.0 Å². The van der Waals surface area contributed by atoms with E-state index in [4.69, 9.17) is 4.74 Å². The van der Waals surface area contributed by atoms with Crippen LogP contribution in [0.25, 0.3) is 0 Å². The predicted octanol–water partition coefficient (Wildman–Crippen LogP) is 2.70. The zero-order chi connectivity index (χ0) is 14.3. The maximum atomic E-state index is 11.9. The Morgan fingerprint density at radius 3 is 2.53 bits per heavy atom. The molecule has 0 aromatic carbocycles. The molecule has 0 atom stereocenters. The first-order valence-corrected chi connectivity index (χ1v) is 6.12. The summed E-state index contributed by atoms with van der Waals surface area (Å²) in [6, 6.07) is 3.69. The van der Waals surface area contributed by atoms with Crippen molar-refractivity contribution in [2.24, 2.45) is 0 Å². The van der Waals surface area contributed by atoms with Crippen molar-refractivity contribution < 1.29 is 17.9 Å². The van der Waals surface area contributed by atoms with Crippen molar-refractivity contribution in [2.75, 3.05) is 6.61 Å². The number of nitrogens with one attached hydrogen (secondary N) is 1. The predicted molar refractivity (Wildman–Crippen MR) is 64.8 cm³/mol. The van der Waals surface area contributed by atoms with Gasteiger partial charge in [-0.05, 0) is 12.5 Å². The van der Waals surface area contributed by atoms with Crippen LogP contribution in [0.1, 0.15) is 32.4 Å². The van der Waals surface area contributed by atoms with E-state index < -0.39 is 12.6 Å². The van der Waals surface area contributed by atoms with Crippen molar-refractivity contribution in [1.29, 1.82) is 0 Å². The number of halogens is 3. The van der Waals surface area contributed by atoms with Crippen LogP contribution in [0.15, 0.2) is 12.1 Å². The Morgan fingerprint density at radius 2 is 2.00 bits per heavy atom. The first kappa shape index (κ1) is 15.7. The fourth-order valence-electron chi connectivity index (χ4n) is 1.28. The minimum absolute atomic E-state index is 0.0161. The largest absolute Gasteiger partial charge is 0.477 e. The van der Waals surface area contributed by atoms with Gasteiger partial charge in [-0.15, -0.1) is 5.10 Å². The summed E-state index contributed by atoms with van der Waals surface area (Å²) >= 11 is 0. The standard InChI is InChI=1S/C12H18F3N3O/c1-9(2)16-8-10-4-5-11(18-17-10)19-7-3-6-12(13,14)15/h4-5,9,16H,3,6-8H2,1-2H3. The van der Waals surface area contributed by atoms with Gasteiger partial charge < -0.3 is 10.1 Å². The SMILES string of the molecule is CC(C)NCc1ccc(OCCCC(F)(F)F)nn1. The van der Waals surface area contributed by atoms with E-state index in [1.807, 2.05) is 13.8 Å². The minimum atomic E-state index is -4.14. The van der Waals surface area contributed by atoms with E-state index in [1.54, 1.807) is 12.1 Å². The third kappa shape index (κ3) is 7.61. The van der Waals surface area contributed by atoms with E-state index in [-0.39, 0.29) is 18.9 Å². The number of aromatic nitrogens is 2. The van der Waals surface area contributed by atoms with Crippen LogP contribution in [0.3, 0.4) is 0 Å². The van der Waals surface area contributed by atoms with Gasteiger partial charge in [0.25, 0.3) is 0 Å². The second-order valence-electron chi connectivity index (χ2n) is 4.47. The molecule has 7 heteroatoms. The summed E-state index contributed by atoms with van der Waals surface area (Å²) in [5.41, 5.74) is 0.761. The molecule has 0 aliphatic rings. The van der Waals surface area contributed by atoms with Gasteiger partial charge in [0.1, 0.15) is 0 Å². The van der Waals surface area contributed by atoms with E-state index in [0.29, 0.717) is 12.6 Å². The van der Waals surface area contributed by atoms with Crippen LogP contribution in [-0.2, 0) is 6.54 Å². The lowest BCUT2D eigenvalue weighted by atomic mass is 10.3. The van der Waals surface area contributed by atoms with Crippen molar-refractivity contribution in [3.05, 3.63) is 17.8 Å². The van der Waals surface area contributed by atoms with Crippen molar-refractivity contribution in [3.8, 4) is 5.88 Å². The van der Waals surface area contributed by atoms with Crippen LogP contribution >= 0.6 is 0 Å². The molecule has 0 spiro atoms. The molecule has 0 unspecified atom stereocenters. The normalized spacial score (nSPS) is 11.9. The second-order valence-corrected chi connectivity index (χ2v) is 4.47. The summed E-state index contributed by atoms with van der Waals surface area (Å²) in [7, 11) is 0. The molecule has 19 heavy (non-hydrogen) atoms. The summed E-state index contributed by atoms with van der Waals surface area (Å²) in [4.78, 5) is 0. The van der Waals surface area contributed by atoms with E-state index in [2.05, 4.69) is 15.5 Å². The van der Waals surface area contributed by atoms with Crippen molar-refractivity contribution >= 4 is 0 Å². The van der Waals surface area contributed by atoms with Gasteiger partial charge in [0.05, 0.1) is 12.3 Å². The maximum absolute atomic E-state index is 11.9. The molecule has 1 aromatic heterocycles. The Labute approximate surface area is 110 Å². The molecule has 1 heterocycles. The molecule has 0 fully saturated rings. The molecule has 0 saturated carbocycles. The molecule has 0 aliphatic carbocycles. The van der Waals surface area contributed by atoms with Gasteiger partial charge in [0.2, 0.25) is 5.88 Å². The average Bonchev–Trinajstić information content (AvgIpc) is 2.32. The third-order valence-electron chi connectivity index (χ3n) is 2.24. The fraction of sp³-hybridized carbons (Fsp3) is 0.667. The van der Waals surface area contributed by atoms with Gasteiger partial charge in [-0.25, -0.2) is 0 Å². The molecule has 4 nitrogen and oxygen atoms in total. The van der Waals surface area contributed by atoms with Crippen LogP contribution in [0, 0.1) is 0 Å². The molecular formula is C12H18F3N3O. The first-order chi connectivity index (χ1) is 8.87. The van der Waals surface area contributed by atoms with Gasteiger partial charge in [-0.1, -0.05) is 13.8 Å². The van der Waals surface area contributed by atoms with Gasteiger partial charge in [0.15, 0.2) is 0 Å². The Bertz CT molecular complexity index is 365. The number of hydrogen-bond donors (Lipinski definition) is 1. The smallest absolute Gasteiger partial charge is 0.389 e. The van der Waals surface area contributed by atoms with Crippen LogP contribution in [0.2, 0.25) is 0 Å². The highest BCUT2D eigenvalue weighted by Gasteiger charge is 2.26. The lowest BCUT2D eigenvalue weighted by Gasteiger charge is -2.08. The summed E-state index contributed by atoms with van der Waals surface area (Å²) in [6.45, 7) is 4.62. The monoisotopic (exact) mass is 277 g/mol. The number of hydrogen-bond acceptors (Lipinski definition) is 4. The van der Waals surface area contributed by atoms with Crippen molar-refractivity contribution in [3.63, 3.8) is 0 Å². The summed E-state index contributed by atoms with van der Waals surface area (Å²) in [6.07, 6.45) is -5.07. The Balaban J connectivity index is 2.28. The second kappa shape index (κ2) is 7.28. The summed E-state index contributed by atoms with van der Waals surface area (Å²) in [5.74, 6) is 0.246. The van der Waals surface area contributed by atoms with E-state index in [9.17, 15) is 13.2 Å². The van der Waals surface area contributed by atoms with Crippen LogP contribution < -0.4 is 10.1 Å². The molecule has 0 radical (unpaired) electrons. The Kier molecular flexibility index (Phi) is 6.01. The summed E-state index contributed by atoms with van der Waals surface area (Å²) in [5, 5.41) is 10.9. The fourth-order valence-corrected chi connectivity index (χ4v) is 1.28. The molecule has 0 aliphatic heterocycles. The zero-order valence-electron chi connectivity index (χ0n) is 11.0. The molecule has 1 aromatic rings. The maximum Gasteiger partial charge on any atom is 0.389 e. The third-order valence-corrected chi connectivity index (χ3v) is 2.24. The average molecular weight is 277 g/mol. The van der Waals surface area contributed by atoms with Crippen LogP contribution in [0.5, 0.6) is 5.88 Å². The van der Waals surface area contributed by atoms with E-state index in [1.165, 1.54) is 0 Å². The Morgan fingerprint density at radius 1 is 1.26 bits per heavy atom. The molecule has 0 saturated heterocycles. The summed E-state index contributed by atoms with van der Waals surface area (Å²) < 4.78 is 40.8. The molecule has 1 N–H and O–H groups in total. The molecular weight excluding hydrogens is 259 g/mol. The highest BCUT2D eigenvalue weighted by atomic mass is 19.4. The first-order valence-electron chi connectivity index (χ1n) is 6.12. The highest BCUT2D eigenvalue weighted by Crippen LogP contribution is 2.21. The molecule has 0 bridgehead atoms. The number of ether oxygens (including phenoxy) is 1. The van der Waals surface area contributed by atoms with Crippen molar-refractivity contribution in [2.45, 2.75) is 45.5 Å². The lowest BCUT2D eigenvalue weighted by molar-refractivity contribution is -0.136. The highest BCUT2D eigenvalue weighted by molar-refractivity contribution is 5.11. The quantitative estimate of drug-likeness (QED) is 0.778. The van der Waals surface area contributed by atoms with E-state index >= 15 is 0 Å². The van der Waals surface area contributed by atoms with Gasteiger partial charge in [0, 0.05) is 25.1 Å². The minimum Gasteiger partial charge on any atom is -0.477 e. The van der Waals surface area contributed by atoms with Crippen LogP contribution in [-0.4, -0.2) is 29.0 Å². The Hall–Kier alpha value is -1.37. The van der Waals surface area contributed by atoms with Crippen molar-refractivity contribution in [1.82, 2.24) is 15.5 Å². The lowest BCUT2D eigenvalue weighted by Crippen LogP contribution is -2.22.